The average molecular weight is 799 g/mol. The summed E-state index contributed by atoms with van der Waals surface area (Å²) in [5.74, 6) is 0. The number of ether oxygens (including phenoxy) is 2. The van der Waals surface area contributed by atoms with E-state index in [0.29, 0.717) is 0 Å². The van der Waals surface area contributed by atoms with Crippen LogP contribution < -0.4 is 9.80 Å². The second kappa shape index (κ2) is 17.4. The normalized spacial score (nSPS) is 17.5. The van der Waals surface area contributed by atoms with Crippen LogP contribution in [0.25, 0.3) is 11.1 Å². The van der Waals surface area contributed by atoms with Gasteiger partial charge < -0.3 is 19.3 Å². The number of hydrogen-bond acceptors (Lipinski definition) is 4. The van der Waals surface area contributed by atoms with Gasteiger partial charge in [-0.2, -0.15) is 0 Å². The molecule has 2 atom stereocenters. The Morgan fingerprint density at radius 2 is 0.733 bits per heavy atom. The smallest absolute Gasteiger partial charge is 0.126 e. The molecule has 4 nitrogen and oxygen atoms in total. The van der Waals surface area contributed by atoms with E-state index in [1.165, 1.54) is 33.4 Å². The number of anilines is 6. The summed E-state index contributed by atoms with van der Waals surface area (Å²) in [6, 6.07) is 53.7. The van der Waals surface area contributed by atoms with Crippen molar-refractivity contribution in [2.45, 2.75) is 116 Å². The molecule has 0 N–H and O–H groups in total. The second-order valence-electron chi connectivity index (χ2n) is 18.7. The van der Waals surface area contributed by atoms with Gasteiger partial charge in [0.25, 0.3) is 0 Å². The fourth-order valence-corrected chi connectivity index (χ4v) is 9.46. The molecule has 0 aromatic heterocycles. The van der Waals surface area contributed by atoms with Gasteiger partial charge in [-0.1, -0.05) is 154 Å². The van der Waals surface area contributed by atoms with Crippen LogP contribution in [-0.4, -0.2) is 14.2 Å². The maximum absolute atomic E-state index is 7.12. The van der Waals surface area contributed by atoms with Gasteiger partial charge >= 0.3 is 0 Å². The summed E-state index contributed by atoms with van der Waals surface area (Å²) < 4.78 is 14.2. The van der Waals surface area contributed by atoms with E-state index in [2.05, 4.69) is 211 Å². The lowest BCUT2D eigenvalue weighted by molar-refractivity contribution is -0.209. The number of rotatable bonds is 14. The first-order chi connectivity index (χ1) is 28.8. The molecule has 0 amide bonds. The third-order valence-corrected chi connectivity index (χ3v) is 12.8. The Morgan fingerprint density at radius 3 is 1.03 bits per heavy atom. The number of para-hydroxylation sites is 2. The Kier molecular flexibility index (Phi) is 12.5. The topological polar surface area (TPSA) is 24.9 Å². The van der Waals surface area contributed by atoms with E-state index in [0.717, 1.165) is 72.6 Å². The summed E-state index contributed by atoms with van der Waals surface area (Å²) in [5.41, 5.74) is 12.6. The van der Waals surface area contributed by atoms with Crippen molar-refractivity contribution in [1.82, 2.24) is 0 Å². The quantitative estimate of drug-likeness (QED) is 0.110. The zero-order chi connectivity index (χ0) is 42.7. The van der Waals surface area contributed by atoms with Gasteiger partial charge in [-0.05, 0) is 130 Å². The molecular weight excluding hydrogens is 733 g/mol. The fourth-order valence-electron chi connectivity index (χ4n) is 9.46. The van der Waals surface area contributed by atoms with E-state index >= 15 is 0 Å². The van der Waals surface area contributed by atoms with Crippen LogP contribution >= 0.6 is 0 Å². The van der Waals surface area contributed by atoms with Crippen molar-refractivity contribution < 1.29 is 9.47 Å². The summed E-state index contributed by atoms with van der Waals surface area (Å²) in [4.78, 5) is 4.77. The maximum Gasteiger partial charge on any atom is 0.126 e. The number of hydrogen-bond donors (Lipinski definition) is 0. The number of fused-ring (bicyclic) bond motifs is 3. The number of unbranched alkanes of at least 4 members (excludes halogenated alkanes) is 2. The SMILES string of the molecule is CCCCC1(OC)c2cc(N(c3ccccc3)c3ccc(C(C)(C)C)cc3)ccc2-c2ccc(N(c3ccccc3)c3ccc(C(C)(C)C)cc3)cc2C1(CCCC)OC. The third kappa shape index (κ3) is 7.93. The number of methoxy groups -OCH3 is 2. The van der Waals surface area contributed by atoms with E-state index in [9.17, 15) is 0 Å². The van der Waals surface area contributed by atoms with Crippen LogP contribution in [0.3, 0.4) is 0 Å². The van der Waals surface area contributed by atoms with Crippen molar-refractivity contribution in [3.8, 4) is 11.1 Å². The van der Waals surface area contributed by atoms with Crippen LogP contribution in [0, 0.1) is 0 Å². The van der Waals surface area contributed by atoms with Crippen LogP contribution in [-0.2, 0) is 31.5 Å². The monoisotopic (exact) mass is 799 g/mol. The summed E-state index contributed by atoms with van der Waals surface area (Å²) in [7, 11) is 3.82. The largest absolute Gasteiger partial charge is 0.370 e. The summed E-state index contributed by atoms with van der Waals surface area (Å²) in [6.45, 7) is 18.2. The Labute approximate surface area is 361 Å². The molecule has 0 saturated carbocycles. The minimum absolute atomic E-state index is 0.0590. The molecule has 312 valence electrons. The van der Waals surface area contributed by atoms with Gasteiger partial charge in [0.2, 0.25) is 0 Å². The highest BCUT2D eigenvalue weighted by atomic mass is 16.5. The van der Waals surface area contributed by atoms with Gasteiger partial charge in [0.1, 0.15) is 11.2 Å². The molecule has 0 aliphatic heterocycles. The fraction of sp³-hybridized carbons (Fsp3) is 0.357. The van der Waals surface area contributed by atoms with E-state index < -0.39 is 11.2 Å². The van der Waals surface area contributed by atoms with Crippen molar-refractivity contribution in [2.24, 2.45) is 0 Å². The molecule has 1 aliphatic rings. The lowest BCUT2D eigenvalue weighted by Gasteiger charge is -2.54. The number of nitrogens with zero attached hydrogens (tertiary/aromatic N) is 2. The molecule has 0 fully saturated rings. The van der Waals surface area contributed by atoms with Crippen molar-refractivity contribution in [1.29, 1.82) is 0 Å². The van der Waals surface area contributed by atoms with Gasteiger partial charge in [-0.3, -0.25) is 0 Å². The van der Waals surface area contributed by atoms with Crippen LogP contribution in [0.4, 0.5) is 34.1 Å². The summed E-state index contributed by atoms with van der Waals surface area (Å²) in [6.07, 6.45) is 5.72. The molecule has 0 heterocycles. The zero-order valence-electron chi connectivity index (χ0n) is 37.8. The highest BCUT2D eigenvalue weighted by Crippen LogP contribution is 2.61. The minimum atomic E-state index is -0.770. The molecule has 0 saturated heterocycles. The van der Waals surface area contributed by atoms with Gasteiger partial charge in [-0.25, -0.2) is 0 Å². The molecule has 0 spiro atoms. The van der Waals surface area contributed by atoms with Crippen molar-refractivity contribution >= 4 is 34.1 Å². The van der Waals surface area contributed by atoms with Crippen molar-refractivity contribution in [3.63, 3.8) is 0 Å². The number of benzene rings is 6. The average Bonchev–Trinajstić information content (AvgIpc) is 3.26. The molecule has 1 aliphatic carbocycles. The second-order valence-corrected chi connectivity index (χ2v) is 18.7. The Hall–Kier alpha value is -5.16. The van der Waals surface area contributed by atoms with Crippen molar-refractivity contribution in [2.75, 3.05) is 24.0 Å². The standard InChI is InChI=1S/C56H66N2O2/c1-11-13-37-55(59-9)51-39-47(57(43-21-17-15-18-22-43)45-29-25-41(26-30-45)53(3,4)5)33-35-49(51)50-36-34-48(40-52(50)56(55,60-10)38-14-12-2)58(44-23-19-16-20-24-44)46-31-27-42(28-32-46)54(6,7)8/h15-36,39-40H,11-14,37-38H2,1-10H3. The van der Waals surface area contributed by atoms with E-state index in [1.54, 1.807) is 0 Å². The molecule has 6 aromatic carbocycles. The first kappa shape index (κ1) is 42.9. The maximum atomic E-state index is 7.12. The van der Waals surface area contributed by atoms with E-state index in [1.807, 2.05) is 14.2 Å². The van der Waals surface area contributed by atoms with Crippen LogP contribution in [0.2, 0.25) is 0 Å². The van der Waals surface area contributed by atoms with Gasteiger partial charge in [0, 0.05) is 48.3 Å². The minimum Gasteiger partial charge on any atom is -0.370 e. The highest BCUT2D eigenvalue weighted by Gasteiger charge is 2.58. The molecule has 0 bridgehead atoms. The molecular formula is C56H66N2O2. The first-order valence-electron chi connectivity index (χ1n) is 22.1. The predicted octanol–water partition coefficient (Wildman–Crippen LogP) is 16.0. The summed E-state index contributed by atoms with van der Waals surface area (Å²) >= 11 is 0. The molecule has 4 heteroatoms. The molecule has 60 heavy (non-hydrogen) atoms. The molecule has 7 rings (SSSR count). The van der Waals surface area contributed by atoms with Gasteiger partial charge in [-0.15, -0.1) is 0 Å². The Bertz CT molecular complexity index is 2170. The Morgan fingerprint density at radius 1 is 0.417 bits per heavy atom. The van der Waals surface area contributed by atoms with Gasteiger partial charge in [0.15, 0.2) is 0 Å². The van der Waals surface area contributed by atoms with Crippen LogP contribution in [0.1, 0.15) is 116 Å². The molecule has 6 aromatic rings. The lowest BCUT2D eigenvalue weighted by atomic mass is 9.61. The van der Waals surface area contributed by atoms with Crippen LogP contribution in [0.15, 0.2) is 146 Å². The van der Waals surface area contributed by atoms with Crippen molar-refractivity contribution in [3.05, 3.63) is 168 Å². The highest BCUT2D eigenvalue weighted by molar-refractivity contribution is 5.86. The zero-order valence-corrected chi connectivity index (χ0v) is 37.8. The first-order valence-corrected chi connectivity index (χ1v) is 22.1. The predicted molar refractivity (Wildman–Crippen MR) is 255 cm³/mol. The molecule has 2 unspecified atom stereocenters. The molecule has 0 radical (unpaired) electrons. The third-order valence-electron chi connectivity index (χ3n) is 12.8. The lowest BCUT2D eigenvalue weighted by Crippen LogP contribution is -2.54. The summed E-state index contributed by atoms with van der Waals surface area (Å²) in [5, 5.41) is 0. The van der Waals surface area contributed by atoms with E-state index in [4.69, 9.17) is 9.47 Å². The van der Waals surface area contributed by atoms with E-state index in [-0.39, 0.29) is 10.8 Å². The van der Waals surface area contributed by atoms with Crippen LogP contribution in [0.5, 0.6) is 0 Å². The Balaban J connectivity index is 1.48. The van der Waals surface area contributed by atoms with Gasteiger partial charge in [0.05, 0.1) is 0 Å².